The number of hydrogen-bond donors (Lipinski definition) is 3. The molecule has 2 aromatic rings. The van der Waals surface area contributed by atoms with Crippen molar-refractivity contribution in [3.63, 3.8) is 0 Å². The van der Waals surface area contributed by atoms with E-state index in [0.29, 0.717) is 11.3 Å². The van der Waals surface area contributed by atoms with Crippen LogP contribution in [0.1, 0.15) is 29.7 Å². The minimum Gasteiger partial charge on any atom is -0.398 e. The van der Waals surface area contributed by atoms with E-state index in [-0.39, 0.29) is 11.9 Å². The molecule has 0 aromatic heterocycles. The van der Waals surface area contributed by atoms with Crippen molar-refractivity contribution in [1.82, 2.24) is 5.43 Å². The Morgan fingerprint density at radius 1 is 1.16 bits per heavy atom. The van der Waals surface area contributed by atoms with Gasteiger partial charge in [0.25, 0.3) is 0 Å². The molecule has 0 aliphatic heterocycles. The molecule has 0 spiro atoms. The number of nitrogens with two attached hydrogens (primary N) is 2. The Bertz CT molecular complexity index is 552. The topological polar surface area (TPSA) is 64.1 Å². The lowest BCUT2D eigenvalue weighted by molar-refractivity contribution is 0.606. The molecule has 0 bridgehead atoms. The lowest BCUT2D eigenvalue weighted by Crippen LogP contribution is -2.29. The fraction of sp³-hybridized carbons (Fsp3) is 0.200. The Hall–Kier alpha value is -1.91. The Kier molecular flexibility index (Phi) is 4.14. The van der Waals surface area contributed by atoms with Crippen molar-refractivity contribution in [3.8, 4) is 0 Å². The lowest BCUT2D eigenvalue weighted by Gasteiger charge is -2.19. The van der Waals surface area contributed by atoms with Crippen LogP contribution in [0.25, 0.3) is 0 Å². The van der Waals surface area contributed by atoms with Crippen molar-refractivity contribution in [1.29, 1.82) is 0 Å². The van der Waals surface area contributed by atoms with Gasteiger partial charge in [-0.3, -0.25) is 5.84 Å². The van der Waals surface area contributed by atoms with Crippen LogP contribution >= 0.6 is 0 Å². The van der Waals surface area contributed by atoms with Crippen LogP contribution in [0.3, 0.4) is 0 Å². The van der Waals surface area contributed by atoms with Gasteiger partial charge < -0.3 is 5.73 Å². The van der Waals surface area contributed by atoms with Crippen molar-refractivity contribution < 1.29 is 4.39 Å². The summed E-state index contributed by atoms with van der Waals surface area (Å²) in [7, 11) is 0. The minimum absolute atomic E-state index is 0.318. The summed E-state index contributed by atoms with van der Waals surface area (Å²) in [4.78, 5) is 0. The van der Waals surface area contributed by atoms with E-state index >= 15 is 0 Å². The summed E-state index contributed by atoms with van der Waals surface area (Å²) >= 11 is 0. The van der Waals surface area contributed by atoms with Gasteiger partial charge in [-0.1, -0.05) is 31.2 Å². The Labute approximate surface area is 112 Å². The zero-order chi connectivity index (χ0) is 13.8. The van der Waals surface area contributed by atoms with Gasteiger partial charge in [0.15, 0.2) is 0 Å². The first-order valence-electron chi connectivity index (χ1n) is 6.25. The quantitative estimate of drug-likeness (QED) is 0.449. The normalized spacial score (nSPS) is 12.4. The summed E-state index contributed by atoms with van der Waals surface area (Å²) in [6, 6.07) is 12.0. The number of nitrogens with one attached hydrogen (secondary N) is 1. The summed E-state index contributed by atoms with van der Waals surface area (Å²) in [5.74, 6) is 5.27. The predicted molar refractivity (Wildman–Crippen MR) is 75.8 cm³/mol. The average Bonchev–Trinajstić information content (AvgIpc) is 2.44. The van der Waals surface area contributed by atoms with Crippen LogP contribution in [0.2, 0.25) is 0 Å². The fourth-order valence-electron chi connectivity index (χ4n) is 2.11. The van der Waals surface area contributed by atoms with Crippen LogP contribution in [-0.4, -0.2) is 0 Å². The first-order valence-corrected chi connectivity index (χ1v) is 6.25. The summed E-state index contributed by atoms with van der Waals surface area (Å²) < 4.78 is 13.4. The molecule has 0 amide bonds. The van der Waals surface area contributed by atoms with E-state index < -0.39 is 0 Å². The number of nitrogen functional groups attached to an aromatic ring is 1. The van der Waals surface area contributed by atoms with Crippen molar-refractivity contribution in [2.45, 2.75) is 19.4 Å². The predicted octanol–water partition coefficient (Wildman–Crippen LogP) is 2.52. The number of benzene rings is 2. The fourth-order valence-corrected chi connectivity index (χ4v) is 2.11. The molecular weight excluding hydrogens is 241 g/mol. The van der Waals surface area contributed by atoms with Gasteiger partial charge in [-0.15, -0.1) is 0 Å². The third kappa shape index (κ3) is 2.92. The van der Waals surface area contributed by atoms with Gasteiger partial charge >= 0.3 is 0 Å². The Balaban J connectivity index is 2.40. The molecule has 1 atom stereocenters. The van der Waals surface area contributed by atoms with Crippen LogP contribution in [0.15, 0.2) is 42.5 Å². The SMILES string of the molecule is CCc1ccc(C(NN)c2cc(F)ccc2N)cc1. The molecule has 3 nitrogen and oxygen atoms in total. The Morgan fingerprint density at radius 2 is 1.84 bits per heavy atom. The first-order chi connectivity index (χ1) is 9.15. The smallest absolute Gasteiger partial charge is 0.123 e. The molecule has 0 fully saturated rings. The van der Waals surface area contributed by atoms with Crippen molar-refractivity contribution in [2.75, 3.05) is 5.73 Å². The average molecular weight is 259 g/mol. The van der Waals surface area contributed by atoms with Gasteiger partial charge in [0, 0.05) is 11.3 Å². The van der Waals surface area contributed by atoms with E-state index in [1.54, 1.807) is 6.07 Å². The van der Waals surface area contributed by atoms with Crippen LogP contribution in [0.4, 0.5) is 10.1 Å². The minimum atomic E-state index is -0.324. The van der Waals surface area contributed by atoms with Crippen LogP contribution in [-0.2, 0) is 6.42 Å². The maximum Gasteiger partial charge on any atom is 0.123 e. The molecule has 2 aromatic carbocycles. The van der Waals surface area contributed by atoms with Gasteiger partial charge in [0.05, 0.1) is 6.04 Å². The number of hydrogen-bond acceptors (Lipinski definition) is 3. The van der Waals surface area contributed by atoms with E-state index in [9.17, 15) is 4.39 Å². The van der Waals surface area contributed by atoms with Gasteiger partial charge in [-0.2, -0.15) is 0 Å². The Morgan fingerprint density at radius 3 is 2.42 bits per heavy atom. The second-order valence-corrected chi connectivity index (χ2v) is 4.47. The van der Waals surface area contributed by atoms with Crippen molar-refractivity contribution >= 4 is 5.69 Å². The summed E-state index contributed by atoms with van der Waals surface area (Å²) in [5, 5.41) is 0. The maximum atomic E-state index is 13.4. The highest BCUT2D eigenvalue weighted by molar-refractivity contribution is 5.51. The summed E-state index contributed by atoms with van der Waals surface area (Å²) in [5.41, 5.74) is 12.0. The van der Waals surface area contributed by atoms with Crippen LogP contribution < -0.4 is 17.0 Å². The molecular formula is C15H18FN3. The van der Waals surface area contributed by atoms with E-state index in [0.717, 1.165) is 12.0 Å². The first kappa shape index (κ1) is 13.5. The highest BCUT2D eigenvalue weighted by Gasteiger charge is 2.15. The highest BCUT2D eigenvalue weighted by Crippen LogP contribution is 2.27. The lowest BCUT2D eigenvalue weighted by atomic mass is 9.96. The molecule has 0 aliphatic carbocycles. The standard InChI is InChI=1S/C15H18FN3/c1-2-10-3-5-11(6-4-10)15(19-18)13-9-12(16)7-8-14(13)17/h3-9,15,19H,2,17-18H2,1H3. The molecule has 100 valence electrons. The van der Waals surface area contributed by atoms with E-state index in [1.165, 1.54) is 17.7 Å². The van der Waals surface area contributed by atoms with Gasteiger partial charge in [-0.25, -0.2) is 9.82 Å². The number of halogens is 1. The zero-order valence-electron chi connectivity index (χ0n) is 10.9. The molecule has 0 saturated heterocycles. The molecule has 1 unspecified atom stereocenters. The van der Waals surface area contributed by atoms with Crippen LogP contribution in [0.5, 0.6) is 0 Å². The number of rotatable bonds is 4. The number of hydrazine groups is 1. The maximum absolute atomic E-state index is 13.4. The van der Waals surface area contributed by atoms with E-state index in [2.05, 4.69) is 12.3 Å². The second kappa shape index (κ2) is 5.82. The largest absolute Gasteiger partial charge is 0.398 e. The molecule has 0 heterocycles. The van der Waals surface area contributed by atoms with E-state index in [1.807, 2.05) is 24.3 Å². The summed E-state index contributed by atoms with van der Waals surface area (Å²) in [6.45, 7) is 2.10. The van der Waals surface area contributed by atoms with Gasteiger partial charge in [0.1, 0.15) is 5.82 Å². The molecule has 0 radical (unpaired) electrons. The molecule has 5 N–H and O–H groups in total. The third-order valence-electron chi connectivity index (χ3n) is 3.25. The monoisotopic (exact) mass is 259 g/mol. The van der Waals surface area contributed by atoms with Crippen LogP contribution in [0, 0.1) is 5.82 Å². The molecule has 2 rings (SSSR count). The molecule has 0 aliphatic rings. The molecule has 0 saturated carbocycles. The zero-order valence-corrected chi connectivity index (χ0v) is 10.9. The second-order valence-electron chi connectivity index (χ2n) is 4.47. The molecule has 4 heteroatoms. The summed E-state index contributed by atoms with van der Waals surface area (Å²) in [6.07, 6.45) is 0.975. The highest BCUT2D eigenvalue weighted by atomic mass is 19.1. The van der Waals surface area contributed by atoms with Gasteiger partial charge in [-0.05, 0) is 35.7 Å². The van der Waals surface area contributed by atoms with Gasteiger partial charge in [0.2, 0.25) is 0 Å². The van der Waals surface area contributed by atoms with Crippen molar-refractivity contribution in [2.24, 2.45) is 5.84 Å². The third-order valence-corrected chi connectivity index (χ3v) is 3.25. The molecule has 19 heavy (non-hydrogen) atoms. The van der Waals surface area contributed by atoms with E-state index in [4.69, 9.17) is 11.6 Å². The van der Waals surface area contributed by atoms with Crippen molar-refractivity contribution in [3.05, 3.63) is 65.0 Å². The number of aryl methyl sites for hydroxylation is 1. The number of anilines is 1.